The van der Waals surface area contributed by atoms with Gasteiger partial charge in [0.25, 0.3) is 0 Å². The molecule has 0 radical (unpaired) electrons. The predicted octanol–water partition coefficient (Wildman–Crippen LogP) is 17.1. The average molecular weight is 1100 g/mol. The van der Waals surface area contributed by atoms with Crippen molar-refractivity contribution >= 4 is 23.7 Å². The third-order valence-corrected chi connectivity index (χ3v) is 18.7. The molecule has 0 unspecified atom stereocenters. The number of rotatable bonds is 12. The van der Waals surface area contributed by atoms with Crippen molar-refractivity contribution in [2.75, 3.05) is 0 Å². The molecule has 0 spiro atoms. The minimum absolute atomic E-state index is 0.220. The Hall–Kier alpha value is -6.26. The Morgan fingerprint density at radius 3 is 0.708 bits per heavy atom. The van der Waals surface area contributed by atoms with Gasteiger partial charge in [-0.25, -0.2) is 0 Å². The van der Waals surface area contributed by atoms with E-state index in [4.69, 9.17) is 27.1 Å². The summed E-state index contributed by atoms with van der Waals surface area (Å²) in [6, 6.07) is 12.0. The molecule has 0 amide bonds. The van der Waals surface area contributed by atoms with Gasteiger partial charge < -0.3 is 0 Å². The molecule has 0 fully saturated rings. The summed E-state index contributed by atoms with van der Waals surface area (Å²) < 4.78 is 309. The van der Waals surface area contributed by atoms with Gasteiger partial charge in [-0.2, -0.15) is 0 Å². The zero-order valence-electron chi connectivity index (χ0n) is 34.9. The zero-order chi connectivity index (χ0) is 52.9. The summed E-state index contributed by atoms with van der Waals surface area (Å²) in [4.78, 5) is 3.79. The van der Waals surface area contributed by atoms with Crippen LogP contribution in [0.5, 0.6) is 34.5 Å². The van der Waals surface area contributed by atoms with Gasteiger partial charge in [0.15, 0.2) is 0 Å². The van der Waals surface area contributed by atoms with E-state index in [-0.39, 0.29) is 36.4 Å². The van der Waals surface area contributed by atoms with Gasteiger partial charge in [0.1, 0.15) is 0 Å². The van der Waals surface area contributed by atoms with Crippen molar-refractivity contribution in [2.45, 2.75) is 37.1 Å². The summed E-state index contributed by atoms with van der Waals surface area (Å²) in [5.41, 5.74) is -11.9. The van der Waals surface area contributed by atoms with Crippen LogP contribution in [0.3, 0.4) is 0 Å². The van der Waals surface area contributed by atoms with Crippen LogP contribution in [0.4, 0.5) is 79.0 Å². The van der Waals surface area contributed by atoms with Crippen molar-refractivity contribution in [2.24, 2.45) is 4.52 Å². The summed E-state index contributed by atoms with van der Waals surface area (Å²) >= 11 is 0. The van der Waals surface area contributed by atoms with Crippen molar-refractivity contribution in [1.82, 2.24) is 9.72 Å². The zero-order valence-corrected chi connectivity index (χ0v) is 37.6. The van der Waals surface area contributed by atoms with Gasteiger partial charge in [-0.15, -0.1) is 0 Å². The Morgan fingerprint density at radius 1 is 0.306 bits per heavy atom. The first-order valence-electron chi connectivity index (χ1n) is 19.5. The molecule has 30 heteroatoms. The van der Waals surface area contributed by atoms with Gasteiger partial charge in [-0.05, 0) is 0 Å². The van der Waals surface area contributed by atoms with Gasteiger partial charge in [0.05, 0.1) is 0 Å². The first-order valence-corrected chi connectivity index (χ1v) is 24.3. The third kappa shape index (κ3) is 11.2. The third-order valence-electron chi connectivity index (χ3n) is 9.48. The van der Waals surface area contributed by atoms with Crippen molar-refractivity contribution in [3.8, 4) is 34.5 Å². The predicted molar refractivity (Wildman–Crippen MR) is 222 cm³/mol. The molecule has 2 N–H and O–H groups in total. The monoisotopic (exact) mass is 1100 g/mol. The van der Waals surface area contributed by atoms with E-state index in [1.165, 1.54) is 0 Å². The molecule has 1 aliphatic heterocycles. The van der Waals surface area contributed by atoms with Crippen LogP contribution in [-0.4, -0.2) is 0 Å². The van der Waals surface area contributed by atoms with E-state index in [1.807, 2.05) is 9.72 Å². The van der Waals surface area contributed by atoms with Crippen molar-refractivity contribution in [1.29, 1.82) is 0 Å². The summed E-state index contributed by atoms with van der Waals surface area (Å²) in [5.74, 6) is -10.3. The molecule has 9 nitrogen and oxygen atoms in total. The van der Waals surface area contributed by atoms with E-state index in [9.17, 15) is 0 Å². The molecule has 0 saturated heterocycles. The van der Waals surface area contributed by atoms with Crippen LogP contribution in [0, 0.1) is 0 Å². The van der Waals surface area contributed by atoms with Crippen molar-refractivity contribution < 1.29 is 106 Å². The van der Waals surface area contributed by atoms with Gasteiger partial charge in [-0.3, -0.25) is 0 Å². The van der Waals surface area contributed by atoms with E-state index in [2.05, 4.69) is 4.52 Å². The number of nitrogens with one attached hydrogen (secondary N) is 2. The molecule has 0 atom stereocenters. The van der Waals surface area contributed by atoms with Crippen LogP contribution < -0.4 is 36.9 Å². The Balaban J connectivity index is 1.75. The topological polar surface area (TPSA) is 91.8 Å². The number of para-hydroxylation sites is 6. The SMILES string of the molecule is FC(F)(F)c1ccccc1OP1(Oc2ccccc2C(F)(F)F)(Oc2ccccc2C(F)(F)F)N=PNP(Oc2ccccc2C(F)(F)F)(Oc2ccccc2C(F)(F)F)(Oc2ccccc2C(F)(F)F)N1. The Labute approximate surface area is 394 Å². The number of hydrogen-bond acceptors (Lipinski definition) is 9. The van der Waals surface area contributed by atoms with Crippen LogP contribution >= 0.6 is 23.7 Å². The normalized spacial score (nSPS) is 18.0. The Bertz CT molecular complexity index is 2710. The molecule has 0 bridgehead atoms. The first-order chi connectivity index (χ1) is 33.2. The second-order valence-corrected chi connectivity index (χ2v) is 21.7. The molecular formula is C42H26F18N3O6P3. The molecule has 0 aliphatic carbocycles. The standard InChI is InChI=1S/C42H26F18N3O6P3/c43-37(44,45)25-13-1-7-19-31(25)64-71(65-32-20-8-2-14-26(32)38(46,47)48,66-33-21-9-3-15-27(33)39(49,50)51)61-70-62-72(63-71,67-34-22-10-4-16-28(34)40(52,53)54,68-35-23-11-5-17-29(35)41(55,56)57)69-36-24-12-6-18-30(36)42(58,59)60/h1-24,63H,(H,61,62). The fraction of sp³-hybridized carbons (Fsp3) is 0.143. The molecule has 386 valence electrons. The number of hydrogen-bond donors (Lipinski definition) is 2. The first kappa shape index (κ1) is 53.5. The molecule has 6 aromatic rings. The number of benzene rings is 6. The van der Waals surface area contributed by atoms with E-state index in [1.54, 1.807) is 0 Å². The molecule has 0 aromatic heterocycles. The van der Waals surface area contributed by atoms with Crippen LogP contribution in [-0.2, 0) is 37.1 Å². The van der Waals surface area contributed by atoms with Gasteiger partial charge in [0, 0.05) is 0 Å². The molecule has 72 heavy (non-hydrogen) atoms. The summed E-state index contributed by atoms with van der Waals surface area (Å²) in [6.45, 7) is 0. The van der Waals surface area contributed by atoms with E-state index < -0.39 is 129 Å². The van der Waals surface area contributed by atoms with Crippen molar-refractivity contribution in [3.05, 3.63) is 179 Å². The van der Waals surface area contributed by atoms with E-state index >= 15 is 79.0 Å². The molecule has 1 heterocycles. The van der Waals surface area contributed by atoms with Gasteiger partial charge in [0.2, 0.25) is 0 Å². The van der Waals surface area contributed by atoms with E-state index in [0.717, 1.165) is 36.4 Å². The average Bonchev–Trinajstić information content (AvgIpc) is 3.25. The summed E-state index contributed by atoms with van der Waals surface area (Å²) in [5, 5.41) is 0. The Kier molecular flexibility index (Phi) is 13.6. The second-order valence-electron chi connectivity index (χ2n) is 14.6. The molecule has 6 aromatic carbocycles. The van der Waals surface area contributed by atoms with Crippen LogP contribution in [0.2, 0.25) is 0 Å². The fourth-order valence-electron chi connectivity index (χ4n) is 6.59. The summed E-state index contributed by atoms with van der Waals surface area (Å²) in [7, 11) is -17.5. The number of halogens is 18. The van der Waals surface area contributed by atoms with E-state index in [0.29, 0.717) is 72.8 Å². The van der Waals surface area contributed by atoms with Gasteiger partial charge in [-0.1, -0.05) is 0 Å². The molecule has 7 rings (SSSR count). The number of nitrogens with zero attached hydrogens (tertiary/aromatic N) is 1. The molecule has 1 aliphatic rings. The number of alkyl halides is 18. The fourth-order valence-corrected chi connectivity index (χ4v) is 17.0. The van der Waals surface area contributed by atoms with Crippen LogP contribution in [0.1, 0.15) is 33.4 Å². The van der Waals surface area contributed by atoms with Crippen LogP contribution in [0.25, 0.3) is 0 Å². The minimum atomic E-state index is -8.07. The molecular weight excluding hydrogens is 1080 g/mol. The second kappa shape index (κ2) is 18.3. The maximum absolute atomic E-state index is 15.0. The van der Waals surface area contributed by atoms with Gasteiger partial charge >= 0.3 is 395 Å². The Morgan fingerprint density at radius 2 is 0.500 bits per heavy atom. The summed E-state index contributed by atoms with van der Waals surface area (Å²) in [6.07, 6.45) is -33.9. The van der Waals surface area contributed by atoms with Crippen LogP contribution in [0.15, 0.2) is 150 Å². The molecule has 0 saturated carbocycles. The maximum atomic E-state index is 15.0. The van der Waals surface area contributed by atoms with Crippen molar-refractivity contribution in [3.63, 3.8) is 0 Å². The quantitative estimate of drug-likeness (QED) is 0.0925.